The van der Waals surface area contributed by atoms with Crippen LogP contribution in [0.4, 0.5) is 0 Å². The third-order valence-corrected chi connectivity index (χ3v) is 4.45. The lowest BCUT2D eigenvalue weighted by Gasteiger charge is -2.20. The third-order valence-electron chi connectivity index (χ3n) is 4.45. The zero-order valence-corrected chi connectivity index (χ0v) is 14.0. The van der Waals surface area contributed by atoms with Crippen LogP contribution in [0.5, 0.6) is 0 Å². The monoisotopic (exact) mass is 281 g/mol. The van der Waals surface area contributed by atoms with Crippen LogP contribution in [0.15, 0.2) is 36.4 Å². The second kappa shape index (κ2) is 6.91. The molecule has 0 aliphatic carbocycles. The van der Waals surface area contributed by atoms with Gasteiger partial charge in [-0.15, -0.1) is 0 Å². The standard InChI is InChI=1S/C20H27N/c1-14-6-8-18(9-7-14)10-11-20(21-5)19-13-16(3)15(2)12-17(19)4/h6-9,12-13,20-21H,10-11H2,1-5H3. The summed E-state index contributed by atoms with van der Waals surface area (Å²) in [5.74, 6) is 0. The van der Waals surface area contributed by atoms with Gasteiger partial charge < -0.3 is 5.32 Å². The molecule has 21 heavy (non-hydrogen) atoms. The normalized spacial score (nSPS) is 12.4. The van der Waals surface area contributed by atoms with E-state index >= 15 is 0 Å². The summed E-state index contributed by atoms with van der Waals surface area (Å²) in [6.45, 7) is 8.74. The van der Waals surface area contributed by atoms with Crippen molar-refractivity contribution in [1.82, 2.24) is 5.32 Å². The highest BCUT2D eigenvalue weighted by molar-refractivity contribution is 5.38. The topological polar surface area (TPSA) is 12.0 Å². The first-order chi connectivity index (χ1) is 10.0. The molecule has 0 saturated heterocycles. The maximum atomic E-state index is 3.49. The molecule has 1 N–H and O–H groups in total. The van der Waals surface area contributed by atoms with Crippen molar-refractivity contribution in [3.05, 3.63) is 69.8 Å². The van der Waals surface area contributed by atoms with E-state index in [0.717, 1.165) is 12.8 Å². The third kappa shape index (κ3) is 3.95. The van der Waals surface area contributed by atoms with Gasteiger partial charge >= 0.3 is 0 Å². The van der Waals surface area contributed by atoms with Crippen LogP contribution in [0, 0.1) is 27.7 Å². The highest BCUT2D eigenvalue weighted by Crippen LogP contribution is 2.25. The summed E-state index contributed by atoms with van der Waals surface area (Å²) < 4.78 is 0. The number of hydrogen-bond donors (Lipinski definition) is 1. The second-order valence-corrected chi connectivity index (χ2v) is 6.16. The molecule has 0 saturated carbocycles. The second-order valence-electron chi connectivity index (χ2n) is 6.16. The molecule has 2 aromatic rings. The van der Waals surface area contributed by atoms with Gasteiger partial charge in [0.25, 0.3) is 0 Å². The van der Waals surface area contributed by atoms with Crippen LogP contribution >= 0.6 is 0 Å². The van der Waals surface area contributed by atoms with E-state index in [2.05, 4.69) is 76.5 Å². The fourth-order valence-electron chi connectivity index (χ4n) is 2.88. The Bertz CT molecular complexity index is 596. The van der Waals surface area contributed by atoms with E-state index in [1.54, 1.807) is 0 Å². The lowest BCUT2D eigenvalue weighted by atomic mass is 9.92. The summed E-state index contributed by atoms with van der Waals surface area (Å²) in [4.78, 5) is 0. The van der Waals surface area contributed by atoms with Crippen molar-refractivity contribution in [2.75, 3.05) is 7.05 Å². The fourth-order valence-corrected chi connectivity index (χ4v) is 2.88. The molecule has 0 fully saturated rings. The van der Waals surface area contributed by atoms with Gasteiger partial charge in [-0.25, -0.2) is 0 Å². The minimum absolute atomic E-state index is 0.422. The maximum absolute atomic E-state index is 3.49. The Labute approximate surface area is 129 Å². The van der Waals surface area contributed by atoms with Gasteiger partial charge in [-0.05, 0) is 75.4 Å². The summed E-state index contributed by atoms with van der Waals surface area (Å²) in [5, 5.41) is 3.49. The average Bonchev–Trinajstić information content (AvgIpc) is 2.46. The van der Waals surface area contributed by atoms with Crippen molar-refractivity contribution in [2.24, 2.45) is 0 Å². The Morgan fingerprint density at radius 1 is 0.857 bits per heavy atom. The van der Waals surface area contributed by atoms with Crippen LogP contribution in [-0.2, 0) is 6.42 Å². The highest BCUT2D eigenvalue weighted by atomic mass is 14.9. The first kappa shape index (κ1) is 15.8. The van der Waals surface area contributed by atoms with Gasteiger partial charge in [-0.1, -0.05) is 42.0 Å². The van der Waals surface area contributed by atoms with Crippen molar-refractivity contribution >= 4 is 0 Å². The molecule has 112 valence electrons. The van der Waals surface area contributed by atoms with Crippen molar-refractivity contribution in [2.45, 2.75) is 46.6 Å². The van der Waals surface area contributed by atoms with Crippen LogP contribution in [-0.4, -0.2) is 7.05 Å². The van der Waals surface area contributed by atoms with Crippen molar-refractivity contribution in [3.8, 4) is 0 Å². The molecule has 0 aromatic heterocycles. The Hall–Kier alpha value is -1.60. The molecule has 0 bridgehead atoms. The number of benzene rings is 2. The predicted molar refractivity (Wildman–Crippen MR) is 92.0 cm³/mol. The van der Waals surface area contributed by atoms with Gasteiger partial charge in [-0.2, -0.15) is 0 Å². The Balaban J connectivity index is 2.13. The van der Waals surface area contributed by atoms with E-state index in [0.29, 0.717) is 6.04 Å². The van der Waals surface area contributed by atoms with Crippen molar-refractivity contribution in [3.63, 3.8) is 0 Å². The molecule has 1 nitrogen and oxygen atoms in total. The van der Waals surface area contributed by atoms with Crippen LogP contribution < -0.4 is 5.32 Å². The van der Waals surface area contributed by atoms with Crippen LogP contribution in [0.3, 0.4) is 0 Å². The van der Waals surface area contributed by atoms with E-state index in [4.69, 9.17) is 0 Å². The molecule has 0 aliphatic heterocycles. The van der Waals surface area contributed by atoms with Gasteiger partial charge in [0, 0.05) is 6.04 Å². The van der Waals surface area contributed by atoms with Crippen LogP contribution in [0.25, 0.3) is 0 Å². The van der Waals surface area contributed by atoms with Crippen molar-refractivity contribution < 1.29 is 0 Å². The highest BCUT2D eigenvalue weighted by Gasteiger charge is 2.13. The first-order valence-electron chi connectivity index (χ1n) is 7.82. The van der Waals surface area contributed by atoms with Gasteiger partial charge in [0.1, 0.15) is 0 Å². The molecule has 0 radical (unpaired) electrons. The van der Waals surface area contributed by atoms with E-state index in [-0.39, 0.29) is 0 Å². The molecular weight excluding hydrogens is 254 g/mol. The SMILES string of the molecule is CNC(CCc1ccc(C)cc1)c1cc(C)c(C)cc1C. The molecule has 0 spiro atoms. The van der Waals surface area contributed by atoms with E-state index in [1.165, 1.54) is 33.4 Å². The molecule has 0 aliphatic rings. The Kier molecular flexibility index (Phi) is 5.19. The quantitative estimate of drug-likeness (QED) is 0.829. The van der Waals surface area contributed by atoms with E-state index < -0.39 is 0 Å². The molecule has 0 amide bonds. The molecular formula is C20H27N. The van der Waals surface area contributed by atoms with Gasteiger partial charge in [0.2, 0.25) is 0 Å². The number of aryl methyl sites for hydroxylation is 5. The minimum atomic E-state index is 0.422. The largest absolute Gasteiger partial charge is 0.313 e. The lowest BCUT2D eigenvalue weighted by Crippen LogP contribution is -2.18. The molecule has 1 unspecified atom stereocenters. The summed E-state index contributed by atoms with van der Waals surface area (Å²) in [5.41, 5.74) is 8.33. The number of rotatable bonds is 5. The van der Waals surface area contributed by atoms with Gasteiger partial charge in [-0.3, -0.25) is 0 Å². The zero-order chi connectivity index (χ0) is 15.4. The number of nitrogens with one attached hydrogen (secondary N) is 1. The maximum Gasteiger partial charge on any atom is 0.0323 e. The minimum Gasteiger partial charge on any atom is -0.313 e. The van der Waals surface area contributed by atoms with Gasteiger partial charge in [0.05, 0.1) is 0 Å². The predicted octanol–water partition coefficient (Wildman–Crippen LogP) is 4.81. The average molecular weight is 281 g/mol. The lowest BCUT2D eigenvalue weighted by molar-refractivity contribution is 0.546. The molecule has 1 heteroatoms. The van der Waals surface area contributed by atoms with Crippen molar-refractivity contribution in [1.29, 1.82) is 0 Å². The fraction of sp³-hybridized carbons (Fsp3) is 0.400. The van der Waals surface area contributed by atoms with Crippen LogP contribution in [0.1, 0.15) is 45.8 Å². The molecule has 0 heterocycles. The number of hydrogen-bond acceptors (Lipinski definition) is 1. The summed E-state index contributed by atoms with van der Waals surface area (Å²) in [7, 11) is 2.06. The molecule has 2 rings (SSSR count). The van der Waals surface area contributed by atoms with E-state index in [1.807, 2.05) is 0 Å². The zero-order valence-electron chi connectivity index (χ0n) is 14.0. The Morgan fingerprint density at radius 3 is 2.10 bits per heavy atom. The summed E-state index contributed by atoms with van der Waals surface area (Å²) in [6, 6.07) is 14.0. The smallest absolute Gasteiger partial charge is 0.0323 e. The first-order valence-corrected chi connectivity index (χ1v) is 7.82. The van der Waals surface area contributed by atoms with Crippen LogP contribution in [0.2, 0.25) is 0 Å². The summed E-state index contributed by atoms with van der Waals surface area (Å²) in [6.07, 6.45) is 2.24. The Morgan fingerprint density at radius 2 is 1.48 bits per heavy atom. The molecule has 1 atom stereocenters. The molecule has 2 aromatic carbocycles. The van der Waals surface area contributed by atoms with Gasteiger partial charge in [0.15, 0.2) is 0 Å². The summed E-state index contributed by atoms with van der Waals surface area (Å²) >= 11 is 0. The van der Waals surface area contributed by atoms with E-state index in [9.17, 15) is 0 Å².